The second-order valence-electron chi connectivity index (χ2n) is 4.41. The first-order valence-electron chi connectivity index (χ1n) is 5.89. The van der Waals surface area contributed by atoms with Crippen LogP contribution in [-0.2, 0) is 9.84 Å². The third kappa shape index (κ3) is 3.74. The van der Waals surface area contributed by atoms with Gasteiger partial charge in [-0.25, -0.2) is 8.42 Å². The summed E-state index contributed by atoms with van der Waals surface area (Å²) in [5.41, 5.74) is 5.85. The fraction of sp³-hybridized carbons (Fsp3) is 0.0714. The van der Waals surface area contributed by atoms with Crippen molar-refractivity contribution in [2.75, 3.05) is 6.26 Å². The number of ether oxygens (including phenoxy) is 1. The highest BCUT2D eigenvalue weighted by Gasteiger charge is 2.10. The largest absolute Gasteiger partial charge is 0.456 e. The van der Waals surface area contributed by atoms with Crippen LogP contribution in [0.2, 0.25) is 5.02 Å². The van der Waals surface area contributed by atoms with Crippen LogP contribution < -0.4 is 10.5 Å². The van der Waals surface area contributed by atoms with Gasteiger partial charge < -0.3 is 10.5 Å². The highest BCUT2D eigenvalue weighted by atomic mass is 35.5. The number of rotatable bonds is 4. The van der Waals surface area contributed by atoms with Gasteiger partial charge >= 0.3 is 0 Å². The molecular formula is C14H13ClN2O3S. The summed E-state index contributed by atoms with van der Waals surface area (Å²) in [7, 11) is -3.30. The van der Waals surface area contributed by atoms with E-state index in [0.29, 0.717) is 17.1 Å². The summed E-state index contributed by atoms with van der Waals surface area (Å²) in [5.74, 6) is 0.616. The Hall–Kier alpha value is -2.05. The number of nitrogens with one attached hydrogen (secondary N) is 1. The van der Waals surface area contributed by atoms with Crippen LogP contribution in [0.4, 0.5) is 0 Å². The minimum Gasteiger partial charge on any atom is -0.456 e. The topological polar surface area (TPSA) is 93.2 Å². The van der Waals surface area contributed by atoms with Crippen molar-refractivity contribution in [3.8, 4) is 11.5 Å². The number of sulfone groups is 1. The third-order valence-electron chi connectivity index (χ3n) is 2.70. The molecule has 3 N–H and O–H groups in total. The second-order valence-corrected chi connectivity index (χ2v) is 6.83. The van der Waals surface area contributed by atoms with Gasteiger partial charge in [-0.3, -0.25) is 5.41 Å². The zero-order valence-electron chi connectivity index (χ0n) is 11.1. The van der Waals surface area contributed by atoms with E-state index in [1.54, 1.807) is 24.3 Å². The van der Waals surface area contributed by atoms with Crippen LogP contribution in [-0.4, -0.2) is 20.5 Å². The van der Waals surface area contributed by atoms with E-state index in [9.17, 15) is 8.42 Å². The minimum atomic E-state index is -3.30. The molecule has 0 aromatic heterocycles. The van der Waals surface area contributed by atoms with Crippen molar-refractivity contribution in [3.63, 3.8) is 0 Å². The highest BCUT2D eigenvalue weighted by Crippen LogP contribution is 2.31. The van der Waals surface area contributed by atoms with Gasteiger partial charge in [0.25, 0.3) is 0 Å². The van der Waals surface area contributed by atoms with Crippen molar-refractivity contribution >= 4 is 27.3 Å². The van der Waals surface area contributed by atoms with Crippen molar-refractivity contribution in [2.45, 2.75) is 4.90 Å². The van der Waals surface area contributed by atoms with E-state index in [0.717, 1.165) is 6.26 Å². The molecule has 7 heteroatoms. The molecule has 5 nitrogen and oxygen atoms in total. The number of benzene rings is 2. The Morgan fingerprint density at radius 2 is 1.95 bits per heavy atom. The number of halogens is 1. The molecule has 0 spiro atoms. The van der Waals surface area contributed by atoms with Crippen LogP contribution in [0, 0.1) is 5.41 Å². The van der Waals surface area contributed by atoms with Gasteiger partial charge in [0.1, 0.15) is 17.3 Å². The van der Waals surface area contributed by atoms with Crippen molar-refractivity contribution in [3.05, 3.63) is 53.1 Å². The van der Waals surface area contributed by atoms with Crippen molar-refractivity contribution in [2.24, 2.45) is 5.73 Å². The summed E-state index contributed by atoms with van der Waals surface area (Å²) < 4.78 is 28.6. The first kappa shape index (κ1) is 15.3. The monoisotopic (exact) mass is 324 g/mol. The normalized spacial score (nSPS) is 11.1. The average Bonchev–Trinajstić information content (AvgIpc) is 2.40. The molecule has 0 aliphatic rings. The average molecular weight is 325 g/mol. The SMILES string of the molecule is CS(=O)(=O)c1cccc(Oc2ccc(C(=N)N)cc2Cl)c1. The van der Waals surface area contributed by atoms with Gasteiger partial charge in [-0.2, -0.15) is 0 Å². The lowest BCUT2D eigenvalue weighted by atomic mass is 10.2. The molecule has 0 fully saturated rings. The van der Waals surface area contributed by atoms with Crippen LogP contribution in [0.25, 0.3) is 0 Å². The molecule has 0 amide bonds. The van der Waals surface area contributed by atoms with Crippen molar-refractivity contribution in [1.82, 2.24) is 0 Å². The van der Waals surface area contributed by atoms with Crippen LogP contribution in [0.15, 0.2) is 47.4 Å². The number of amidine groups is 1. The van der Waals surface area contributed by atoms with E-state index >= 15 is 0 Å². The Labute approximate surface area is 127 Å². The number of nitrogens with two attached hydrogens (primary N) is 1. The zero-order valence-corrected chi connectivity index (χ0v) is 12.7. The van der Waals surface area contributed by atoms with E-state index in [4.69, 9.17) is 27.5 Å². The maximum Gasteiger partial charge on any atom is 0.175 e. The molecule has 0 aliphatic carbocycles. The summed E-state index contributed by atoms with van der Waals surface area (Å²) in [4.78, 5) is 0.163. The first-order valence-corrected chi connectivity index (χ1v) is 8.16. The molecule has 0 radical (unpaired) electrons. The minimum absolute atomic E-state index is 0.0949. The predicted molar refractivity (Wildman–Crippen MR) is 82.1 cm³/mol. The summed E-state index contributed by atoms with van der Waals surface area (Å²) in [6, 6.07) is 10.8. The van der Waals surface area contributed by atoms with Crippen LogP contribution in [0.1, 0.15) is 5.56 Å². The lowest BCUT2D eigenvalue weighted by molar-refractivity contribution is 0.481. The molecule has 110 valence electrons. The predicted octanol–water partition coefficient (Wildman–Crippen LogP) is 2.82. The summed E-state index contributed by atoms with van der Waals surface area (Å²) >= 11 is 6.06. The molecule has 2 aromatic rings. The van der Waals surface area contributed by atoms with E-state index in [1.807, 2.05) is 0 Å². The van der Waals surface area contributed by atoms with Crippen LogP contribution in [0.5, 0.6) is 11.5 Å². The Morgan fingerprint density at radius 1 is 1.24 bits per heavy atom. The van der Waals surface area contributed by atoms with E-state index < -0.39 is 9.84 Å². The lowest BCUT2D eigenvalue weighted by Crippen LogP contribution is -2.10. The fourth-order valence-corrected chi connectivity index (χ4v) is 2.52. The Bertz CT molecular complexity index is 804. The second kappa shape index (κ2) is 5.75. The Balaban J connectivity index is 2.33. The smallest absolute Gasteiger partial charge is 0.175 e. The Morgan fingerprint density at radius 3 is 2.52 bits per heavy atom. The van der Waals surface area contributed by atoms with Crippen molar-refractivity contribution < 1.29 is 13.2 Å². The molecule has 0 heterocycles. The van der Waals surface area contributed by atoms with Crippen LogP contribution in [0.3, 0.4) is 0 Å². The number of hydrogen-bond donors (Lipinski definition) is 2. The van der Waals surface area contributed by atoms with Gasteiger partial charge in [0.2, 0.25) is 0 Å². The molecule has 0 bridgehead atoms. The molecule has 0 atom stereocenters. The highest BCUT2D eigenvalue weighted by molar-refractivity contribution is 7.90. The number of nitrogen functional groups attached to an aromatic ring is 1. The summed E-state index contributed by atoms with van der Waals surface area (Å²) in [6.45, 7) is 0. The van der Waals surface area contributed by atoms with E-state index in [1.165, 1.54) is 18.2 Å². The molecular weight excluding hydrogens is 312 g/mol. The van der Waals surface area contributed by atoms with Gasteiger partial charge in [0.15, 0.2) is 9.84 Å². The molecule has 2 aromatic carbocycles. The maximum atomic E-state index is 11.5. The van der Waals surface area contributed by atoms with Gasteiger partial charge in [-0.15, -0.1) is 0 Å². The number of hydrogen-bond acceptors (Lipinski definition) is 4. The molecule has 0 aliphatic heterocycles. The fourth-order valence-electron chi connectivity index (χ4n) is 1.65. The van der Waals surface area contributed by atoms with Gasteiger partial charge in [-0.05, 0) is 36.4 Å². The van der Waals surface area contributed by atoms with E-state index in [2.05, 4.69) is 0 Å². The summed E-state index contributed by atoms with van der Waals surface area (Å²) in [6.07, 6.45) is 1.13. The quantitative estimate of drug-likeness (QED) is 0.668. The van der Waals surface area contributed by atoms with Crippen LogP contribution >= 0.6 is 11.6 Å². The Kier molecular flexibility index (Phi) is 4.20. The van der Waals surface area contributed by atoms with E-state index in [-0.39, 0.29) is 15.8 Å². The molecule has 2 rings (SSSR count). The standard InChI is InChI=1S/C14H13ClN2O3S/c1-21(18,19)11-4-2-3-10(8-11)20-13-6-5-9(14(16)17)7-12(13)15/h2-8H,1H3,(H3,16,17). The summed E-state index contributed by atoms with van der Waals surface area (Å²) in [5, 5.41) is 7.62. The molecule has 0 saturated heterocycles. The van der Waals surface area contributed by atoms with Gasteiger partial charge in [-0.1, -0.05) is 17.7 Å². The van der Waals surface area contributed by atoms with Crippen molar-refractivity contribution in [1.29, 1.82) is 5.41 Å². The first-order chi connectivity index (χ1) is 9.77. The van der Waals surface area contributed by atoms with Gasteiger partial charge in [0.05, 0.1) is 9.92 Å². The molecule has 0 saturated carbocycles. The maximum absolute atomic E-state index is 11.5. The molecule has 21 heavy (non-hydrogen) atoms. The third-order valence-corrected chi connectivity index (χ3v) is 4.11. The van der Waals surface area contributed by atoms with Gasteiger partial charge in [0, 0.05) is 11.8 Å². The molecule has 0 unspecified atom stereocenters. The lowest BCUT2D eigenvalue weighted by Gasteiger charge is -2.09. The zero-order chi connectivity index (χ0) is 15.6.